The van der Waals surface area contributed by atoms with Crippen molar-refractivity contribution in [2.24, 2.45) is 0 Å². The molecule has 2 aliphatic rings. The van der Waals surface area contributed by atoms with Gasteiger partial charge in [-0.05, 0) is 43.2 Å². The van der Waals surface area contributed by atoms with Crippen molar-refractivity contribution in [1.29, 1.82) is 0 Å². The normalized spacial score (nSPS) is 20.8. The van der Waals surface area contributed by atoms with Crippen molar-refractivity contribution in [2.75, 3.05) is 26.2 Å². The van der Waals surface area contributed by atoms with Crippen LogP contribution in [0.3, 0.4) is 0 Å². The largest absolute Gasteiger partial charge is 0.335 e. The second kappa shape index (κ2) is 7.89. The molecule has 1 saturated heterocycles. The van der Waals surface area contributed by atoms with Crippen molar-refractivity contribution in [3.05, 3.63) is 51.5 Å². The summed E-state index contributed by atoms with van der Waals surface area (Å²) in [5.41, 5.74) is 3.66. The first kappa shape index (κ1) is 17.7. The Labute approximate surface area is 159 Å². The maximum Gasteiger partial charge on any atom is 0.273 e. The van der Waals surface area contributed by atoms with Crippen molar-refractivity contribution >= 4 is 17.2 Å². The van der Waals surface area contributed by atoms with E-state index in [0.29, 0.717) is 11.7 Å². The highest BCUT2D eigenvalue weighted by Crippen LogP contribution is 2.25. The zero-order valence-corrected chi connectivity index (χ0v) is 16.3. The fourth-order valence-corrected chi connectivity index (χ4v) is 5.05. The molecule has 0 bridgehead atoms. The number of aryl methyl sites for hydroxylation is 2. The number of hydrogen-bond acceptors (Lipinski definition) is 4. The van der Waals surface area contributed by atoms with Crippen LogP contribution in [0.25, 0.3) is 0 Å². The van der Waals surface area contributed by atoms with Gasteiger partial charge in [-0.3, -0.25) is 9.69 Å². The maximum atomic E-state index is 12.7. The number of carbonyl (C=O) groups excluding carboxylic acids is 1. The van der Waals surface area contributed by atoms with E-state index < -0.39 is 0 Å². The van der Waals surface area contributed by atoms with Crippen LogP contribution in [0.4, 0.5) is 0 Å². The van der Waals surface area contributed by atoms with Gasteiger partial charge in [0.1, 0.15) is 5.69 Å². The van der Waals surface area contributed by atoms with Crippen molar-refractivity contribution in [1.82, 2.24) is 14.8 Å². The molecule has 4 rings (SSSR count). The topological polar surface area (TPSA) is 36.4 Å². The molecule has 5 heteroatoms. The molecule has 0 radical (unpaired) electrons. The lowest BCUT2D eigenvalue weighted by atomic mass is 9.87. The maximum absolute atomic E-state index is 12.7. The summed E-state index contributed by atoms with van der Waals surface area (Å²) in [4.78, 5) is 21.8. The van der Waals surface area contributed by atoms with Gasteiger partial charge in [-0.25, -0.2) is 4.98 Å². The van der Waals surface area contributed by atoms with Gasteiger partial charge in [-0.1, -0.05) is 31.2 Å². The van der Waals surface area contributed by atoms with Crippen molar-refractivity contribution < 1.29 is 4.79 Å². The van der Waals surface area contributed by atoms with Gasteiger partial charge in [0.15, 0.2) is 0 Å². The predicted molar refractivity (Wildman–Crippen MR) is 106 cm³/mol. The Morgan fingerprint density at radius 2 is 1.96 bits per heavy atom. The number of aromatic nitrogens is 1. The molecule has 2 heterocycles. The van der Waals surface area contributed by atoms with E-state index in [4.69, 9.17) is 0 Å². The SMILES string of the molecule is CCCc1nc(C(=O)N2CCN(C3CCc4ccccc4C3)CC2)cs1. The number of piperazine rings is 1. The third-order valence-corrected chi connectivity index (χ3v) is 6.58. The molecule has 1 aromatic heterocycles. The van der Waals surface area contributed by atoms with Crippen LogP contribution < -0.4 is 0 Å². The first-order valence-corrected chi connectivity index (χ1v) is 10.7. The Kier molecular flexibility index (Phi) is 5.36. The van der Waals surface area contributed by atoms with Crippen molar-refractivity contribution in [2.45, 2.75) is 45.1 Å². The van der Waals surface area contributed by atoms with Gasteiger partial charge >= 0.3 is 0 Å². The van der Waals surface area contributed by atoms with E-state index in [0.717, 1.165) is 50.4 Å². The number of rotatable bonds is 4. The van der Waals surface area contributed by atoms with E-state index >= 15 is 0 Å². The standard InChI is InChI=1S/C21H27N3OS/c1-2-5-20-22-19(15-26-20)21(25)24-12-10-23(11-13-24)18-9-8-16-6-3-4-7-17(16)14-18/h3-4,6-7,15,18H,2,5,8-14H2,1H3. The van der Waals surface area contributed by atoms with E-state index in [1.54, 1.807) is 11.3 Å². The summed E-state index contributed by atoms with van der Waals surface area (Å²) in [6.45, 7) is 5.73. The molecule has 1 fully saturated rings. The molecule has 1 aromatic carbocycles. The zero-order valence-electron chi connectivity index (χ0n) is 15.5. The molecular weight excluding hydrogens is 342 g/mol. The van der Waals surface area contributed by atoms with Gasteiger partial charge in [-0.2, -0.15) is 0 Å². The number of fused-ring (bicyclic) bond motifs is 1. The highest BCUT2D eigenvalue weighted by molar-refractivity contribution is 7.09. The Balaban J connectivity index is 1.33. The molecule has 0 spiro atoms. The van der Waals surface area contributed by atoms with Crippen molar-refractivity contribution in [3.8, 4) is 0 Å². The van der Waals surface area contributed by atoms with E-state index in [1.165, 1.54) is 24.0 Å². The number of amides is 1. The van der Waals surface area contributed by atoms with E-state index in [9.17, 15) is 4.79 Å². The highest BCUT2D eigenvalue weighted by atomic mass is 32.1. The molecular formula is C21H27N3OS. The molecule has 1 aliphatic carbocycles. The second-order valence-corrected chi connectivity index (χ2v) is 8.31. The van der Waals surface area contributed by atoms with Crippen LogP contribution in [0.1, 0.15) is 46.4 Å². The van der Waals surface area contributed by atoms with Crippen LogP contribution >= 0.6 is 11.3 Å². The summed E-state index contributed by atoms with van der Waals surface area (Å²) in [6, 6.07) is 9.46. The number of hydrogen-bond donors (Lipinski definition) is 0. The Bertz CT molecular complexity index is 764. The average Bonchev–Trinajstić information content (AvgIpc) is 3.16. The van der Waals surface area contributed by atoms with Gasteiger partial charge in [0, 0.05) is 37.6 Å². The molecule has 1 amide bonds. The molecule has 1 unspecified atom stereocenters. The third kappa shape index (κ3) is 3.69. The predicted octanol–water partition coefficient (Wildman–Crippen LogP) is 3.41. The van der Waals surface area contributed by atoms with Crippen LogP contribution in [0.5, 0.6) is 0 Å². The number of benzene rings is 1. The molecule has 0 N–H and O–H groups in total. The number of nitrogens with zero attached hydrogens (tertiary/aromatic N) is 3. The smallest absolute Gasteiger partial charge is 0.273 e. The van der Waals surface area contributed by atoms with Gasteiger partial charge in [0.2, 0.25) is 0 Å². The minimum absolute atomic E-state index is 0.109. The van der Waals surface area contributed by atoms with E-state index in [1.807, 2.05) is 10.3 Å². The zero-order chi connectivity index (χ0) is 17.9. The summed E-state index contributed by atoms with van der Waals surface area (Å²) in [5, 5.41) is 3.01. The minimum Gasteiger partial charge on any atom is -0.335 e. The van der Waals surface area contributed by atoms with Crippen LogP contribution in [-0.2, 0) is 19.3 Å². The lowest BCUT2D eigenvalue weighted by Crippen LogP contribution is -2.53. The van der Waals surface area contributed by atoms with Crippen LogP contribution in [0, 0.1) is 0 Å². The Morgan fingerprint density at radius 3 is 2.73 bits per heavy atom. The van der Waals surface area contributed by atoms with Gasteiger partial charge in [-0.15, -0.1) is 11.3 Å². The van der Waals surface area contributed by atoms with Gasteiger partial charge < -0.3 is 4.90 Å². The summed E-state index contributed by atoms with van der Waals surface area (Å²) in [5.74, 6) is 0.109. The molecule has 1 aliphatic heterocycles. The summed E-state index contributed by atoms with van der Waals surface area (Å²) in [6.07, 6.45) is 5.60. The van der Waals surface area contributed by atoms with Crippen LogP contribution in [0.2, 0.25) is 0 Å². The number of thiazole rings is 1. The molecule has 2 aromatic rings. The lowest BCUT2D eigenvalue weighted by molar-refractivity contribution is 0.0548. The van der Waals surface area contributed by atoms with E-state index in [-0.39, 0.29) is 5.91 Å². The Hall–Kier alpha value is -1.72. The summed E-state index contributed by atoms with van der Waals surface area (Å²) in [7, 11) is 0. The highest BCUT2D eigenvalue weighted by Gasteiger charge is 2.29. The fourth-order valence-electron chi connectivity index (χ4n) is 4.18. The third-order valence-electron chi connectivity index (χ3n) is 5.67. The van der Waals surface area contributed by atoms with Crippen molar-refractivity contribution in [3.63, 3.8) is 0 Å². The minimum atomic E-state index is 0.109. The Morgan fingerprint density at radius 1 is 1.19 bits per heavy atom. The van der Waals surface area contributed by atoms with Crippen LogP contribution in [-0.4, -0.2) is 52.9 Å². The summed E-state index contributed by atoms with van der Waals surface area (Å²) < 4.78 is 0. The first-order chi connectivity index (χ1) is 12.7. The van der Waals surface area contributed by atoms with E-state index in [2.05, 4.69) is 41.1 Å². The molecule has 1 atom stereocenters. The number of carbonyl (C=O) groups is 1. The second-order valence-electron chi connectivity index (χ2n) is 7.37. The van der Waals surface area contributed by atoms with Crippen LogP contribution in [0.15, 0.2) is 29.6 Å². The first-order valence-electron chi connectivity index (χ1n) is 9.79. The van der Waals surface area contributed by atoms with Gasteiger partial charge in [0.25, 0.3) is 5.91 Å². The summed E-state index contributed by atoms with van der Waals surface area (Å²) >= 11 is 1.61. The molecule has 138 valence electrons. The molecule has 26 heavy (non-hydrogen) atoms. The monoisotopic (exact) mass is 369 g/mol. The fraction of sp³-hybridized carbons (Fsp3) is 0.524. The average molecular weight is 370 g/mol. The van der Waals surface area contributed by atoms with Gasteiger partial charge in [0.05, 0.1) is 5.01 Å². The molecule has 0 saturated carbocycles. The lowest BCUT2D eigenvalue weighted by Gasteiger charge is -2.41. The quantitative estimate of drug-likeness (QED) is 0.829. The molecule has 4 nitrogen and oxygen atoms in total.